The van der Waals surface area contributed by atoms with E-state index in [4.69, 9.17) is 0 Å². The molecule has 4 heteroatoms. The van der Waals surface area contributed by atoms with Crippen molar-refractivity contribution < 1.29 is 4.79 Å². The maximum absolute atomic E-state index is 12.0. The van der Waals surface area contributed by atoms with Crippen LogP contribution in [0.1, 0.15) is 36.2 Å². The lowest BCUT2D eigenvalue weighted by Gasteiger charge is -2.18. The Balaban J connectivity index is 2.06. The summed E-state index contributed by atoms with van der Waals surface area (Å²) in [5, 5.41) is 7.99. The fourth-order valence-electron chi connectivity index (χ4n) is 1.98. The van der Waals surface area contributed by atoms with Gasteiger partial charge in [0.25, 0.3) is 0 Å². The Morgan fingerprint density at radius 1 is 1.20 bits per heavy atom. The van der Waals surface area contributed by atoms with Crippen molar-refractivity contribution in [3.05, 3.63) is 58.3 Å². The predicted octanol–water partition coefficient (Wildman–Crippen LogP) is 3.94. The minimum atomic E-state index is -0.110. The van der Waals surface area contributed by atoms with Crippen LogP contribution in [0.2, 0.25) is 0 Å². The predicted molar refractivity (Wildman–Crippen MR) is 84.0 cm³/mol. The second-order valence-electron chi connectivity index (χ2n) is 4.61. The molecule has 2 rings (SSSR count). The molecule has 0 spiro atoms. The van der Waals surface area contributed by atoms with Crippen molar-refractivity contribution in [3.8, 4) is 0 Å². The fraction of sp³-hybridized carbons (Fsp3) is 0.312. The van der Waals surface area contributed by atoms with Gasteiger partial charge in [-0.1, -0.05) is 49.7 Å². The van der Waals surface area contributed by atoms with Crippen molar-refractivity contribution in [2.75, 3.05) is 6.54 Å². The Morgan fingerprint density at radius 2 is 2.00 bits per heavy atom. The largest absolute Gasteiger partial charge is 0.338 e. The van der Waals surface area contributed by atoms with Gasteiger partial charge in [-0.05, 0) is 23.4 Å². The van der Waals surface area contributed by atoms with Crippen LogP contribution < -0.4 is 10.6 Å². The van der Waals surface area contributed by atoms with Crippen LogP contribution in [0.4, 0.5) is 4.79 Å². The highest BCUT2D eigenvalue weighted by atomic mass is 32.1. The average Bonchev–Trinajstić information content (AvgIpc) is 3.00. The molecular formula is C16H20N2OS. The lowest BCUT2D eigenvalue weighted by Crippen LogP contribution is -2.38. The molecule has 0 saturated heterocycles. The number of rotatable bonds is 6. The lowest BCUT2D eigenvalue weighted by atomic mass is 10.1. The standard InChI is InChI=1S/C16H20N2OS/c1-2-3-11-17-16(19)18-15(14-10-7-12-20-14)13-8-5-4-6-9-13/h4-10,12,15H,2-3,11H2,1H3,(H2,17,18,19). The summed E-state index contributed by atoms with van der Waals surface area (Å²) in [5.74, 6) is 0. The minimum Gasteiger partial charge on any atom is -0.338 e. The zero-order chi connectivity index (χ0) is 14.2. The first kappa shape index (κ1) is 14.6. The first-order valence-corrected chi connectivity index (χ1v) is 7.82. The number of amides is 2. The maximum atomic E-state index is 12.0. The number of nitrogens with one attached hydrogen (secondary N) is 2. The molecule has 106 valence electrons. The minimum absolute atomic E-state index is 0.0853. The molecule has 2 amide bonds. The summed E-state index contributed by atoms with van der Waals surface area (Å²) in [6.07, 6.45) is 2.08. The van der Waals surface area contributed by atoms with E-state index >= 15 is 0 Å². The van der Waals surface area contributed by atoms with Crippen molar-refractivity contribution >= 4 is 17.4 Å². The summed E-state index contributed by atoms with van der Waals surface area (Å²) in [7, 11) is 0. The van der Waals surface area contributed by atoms with Gasteiger partial charge in [0, 0.05) is 11.4 Å². The highest BCUT2D eigenvalue weighted by molar-refractivity contribution is 7.10. The molecule has 1 heterocycles. The van der Waals surface area contributed by atoms with E-state index in [1.165, 1.54) is 0 Å². The normalized spacial score (nSPS) is 11.8. The van der Waals surface area contributed by atoms with Crippen LogP contribution in [-0.2, 0) is 0 Å². The third-order valence-electron chi connectivity index (χ3n) is 3.05. The second kappa shape index (κ2) is 7.70. The molecule has 0 aliphatic heterocycles. The molecule has 1 aromatic heterocycles. The topological polar surface area (TPSA) is 41.1 Å². The van der Waals surface area contributed by atoms with Gasteiger partial charge in [0.15, 0.2) is 0 Å². The monoisotopic (exact) mass is 288 g/mol. The first-order chi connectivity index (χ1) is 9.81. The summed E-state index contributed by atoms with van der Waals surface area (Å²) in [4.78, 5) is 13.1. The smallest absolute Gasteiger partial charge is 0.315 e. The number of thiophene rings is 1. The molecule has 1 unspecified atom stereocenters. The van der Waals surface area contributed by atoms with Crippen LogP contribution in [-0.4, -0.2) is 12.6 Å². The van der Waals surface area contributed by atoms with Crippen molar-refractivity contribution in [2.45, 2.75) is 25.8 Å². The molecule has 1 aromatic carbocycles. The van der Waals surface area contributed by atoms with E-state index in [1.54, 1.807) is 11.3 Å². The summed E-state index contributed by atoms with van der Waals surface area (Å²) in [6, 6.07) is 13.9. The van der Waals surface area contributed by atoms with Crippen LogP contribution in [0.3, 0.4) is 0 Å². The molecule has 0 aliphatic carbocycles. The fourth-order valence-corrected chi connectivity index (χ4v) is 2.78. The highest BCUT2D eigenvalue weighted by Crippen LogP contribution is 2.25. The number of benzene rings is 1. The lowest BCUT2D eigenvalue weighted by molar-refractivity contribution is 0.238. The van der Waals surface area contributed by atoms with Gasteiger partial charge in [0.05, 0.1) is 6.04 Å². The van der Waals surface area contributed by atoms with Gasteiger partial charge in [-0.25, -0.2) is 4.79 Å². The quantitative estimate of drug-likeness (QED) is 0.777. The van der Waals surface area contributed by atoms with Crippen LogP contribution >= 0.6 is 11.3 Å². The molecule has 20 heavy (non-hydrogen) atoms. The summed E-state index contributed by atoms with van der Waals surface area (Å²) in [5.41, 5.74) is 1.10. The van der Waals surface area contributed by atoms with Crippen molar-refractivity contribution in [2.24, 2.45) is 0 Å². The third-order valence-corrected chi connectivity index (χ3v) is 3.99. The Labute approximate surface area is 124 Å². The van der Waals surface area contributed by atoms with Gasteiger partial charge >= 0.3 is 6.03 Å². The SMILES string of the molecule is CCCCNC(=O)NC(c1ccccc1)c1cccs1. The van der Waals surface area contributed by atoms with Crippen LogP contribution in [0.25, 0.3) is 0 Å². The van der Waals surface area contributed by atoms with E-state index in [2.05, 4.69) is 23.6 Å². The third kappa shape index (κ3) is 4.10. The summed E-state index contributed by atoms with van der Waals surface area (Å²) >= 11 is 1.65. The molecule has 2 N–H and O–H groups in total. The van der Waals surface area contributed by atoms with Gasteiger partial charge in [-0.3, -0.25) is 0 Å². The molecule has 0 bridgehead atoms. The molecule has 2 aromatic rings. The zero-order valence-electron chi connectivity index (χ0n) is 11.6. The van der Waals surface area contributed by atoms with Gasteiger partial charge in [-0.15, -0.1) is 11.3 Å². The van der Waals surface area contributed by atoms with Crippen LogP contribution in [0.15, 0.2) is 47.8 Å². The van der Waals surface area contributed by atoms with E-state index in [-0.39, 0.29) is 12.1 Å². The van der Waals surface area contributed by atoms with Gasteiger partial charge in [0.2, 0.25) is 0 Å². The van der Waals surface area contributed by atoms with Crippen molar-refractivity contribution in [1.82, 2.24) is 10.6 Å². The average molecular weight is 288 g/mol. The Bertz CT molecular complexity index is 511. The molecule has 3 nitrogen and oxygen atoms in total. The van der Waals surface area contributed by atoms with Gasteiger partial charge in [0.1, 0.15) is 0 Å². The highest BCUT2D eigenvalue weighted by Gasteiger charge is 2.17. The number of carbonyl (C=O) groups excluding carboxylic acids is 1. The van der Waals surface area contributed by atoms with Crippen LogP contribution in [0.5, 0.6) is 0 Å². The maximum Gasteiger partial charge on any atom is 0.315 e. The molecule has 0 saturated carbocycles. The number of carbonyl (C=O) groups is 1. The Kier molecular flexibility index (Phi) is 5.62. The first-order valence-electron chi connectivity index (χ1n) is 6.94. The van der Waals surface area contributed by atoms with E-state index in [1.807, 2.05) is 41.8 Å². The van der Waals surface area contributed by atoms with E-state index in [0.29, 0.717) is 6.54 Å². The van der Waals surface area contributed by atoms with Gasteiger partial charge in [-0.2, -0.15) is 0 Å². The van der Waals surface area contributed by atoms with Crippen molar-refractivity contribution in [3.63, 3.8) is 0 Å². The van der Waals surface area contributed by atoms with Crippen LogP contribution in [0, 0.1) is 0 Å². The Morgan fingerprint density at radius 3 is 2.65 bits per heavy atom. The Hall–Kier alpha value is -1.81. The molecule has 0 radical (unpaired) electrons. The zero-order valence-corrected chi connectivity index (χ0v) is 12.5. The van der Waals surface area contributed by atoms with E-state index < -0.39 is 0 Å². The number of unbranched alkanes of at least 4 members (excludes halogenated alkanes) is 1. The number of urea groups is 1. The molecular weight excluding hydrogens is 268 g/mol. The summed E-state index contributed by atoms with van der Waals surface area (Å²) in [6.45, 7) is 2.83. The van der Waals surface area contributed by atoms with Crippen molar-refractivity contribution in [1.29, 1.82) is 0 Å². The van der Waals surface area contributed by atoms with E-state index in [9.17, 15) is 4.79 Å². The number of hydrogen-bond donors (Lipinski definition) is 2. The number of hydrogen-bond acceptors (Lipinski definition) is 2. The summed E-state index contributed by atoms with van der Waals surface area (Å²) < 4.78 is 0. The van der Waals surface area contributed by atoms with Gasteiger partial charge < -0.3 is 10.6 Å². The molecule has 0 aliphatic rings. The molecule has 0 fully saturated rings. The second-order valence-corrected chi connectivity index (χ2v) is 5.59. The molecule has 1 atom stereocenters. The van der Waals surface area contributed by atoms with E-state index in [0.717, 1.165) is 23.3 Å².